The third-order valence-corrected chi connectivity index (χ3v) is 3.17. The van der Waals surface area contributed by atoms with Gasteiger partial charge in [0.15, 0.2) is 0 Å². The molecular weight excluding hydrogens is 261 g/mol. The van der Waals surface area contributed by atoms with E-state index in [0.29, 0.717) is 31.6 Å². The van der Waals surface area contributed by atoms with E-state index in [-0.39, 0.29) is 11.5 Å². The zero-order valence-electron chi connectivity index (χ0n) is 11.4. The maximum Gasteiger partial charge on any atom is 0.254 e. The number of carbonyl (C=O) groups is 2. The van der Waals surface area contributed by atoms with Crippen molar-refractivity contribution in [2.24, 2.45) is 0 Å². The lowest BCUT2D eigenvalue weighted by Gasteiger charge is -2.18. The number of carbonyl (C=O) groups excluding carboxylic acids is 2. The number of hydrogen-bond acceptors (Lipinski definition) is 3. The van der Waals surface area contributed by atoms with E-state index in [9.17, 15) is 14.0 Å². The fraction of sp³-hybridized carbons (Fsp3) is 0.429. The zero-order chi connectivity index (χ0) is 14.5. The molecule has 2 rings (SSSR count). The van der Waals surface area contributed by atoms with Crippen LogP contribution in [0.1, 0.15) is 29.3 Å². The van der Waals surface area contributed by atoms with Gasteiger partial charge in [0.2, 0.25) is 5.91 Å². The number of nitrogens with one attached hydrogen (secondary N) is 3. The molecule has 1 aromatic carbocycles. The Labute approximate surface area is 116 Å². The van der Waals surface area contributed by atoms with Crippen molar-refractivity contribution in [1.82, 2.24) is 10.6 Å². The third kappa shape index (κ3) is 3.33. The van der Waals surface area contributed by atoms with Crippen LogP contribution in [0, 0.1) is 5.82 Å². The fourth-order valence-electron chi connectivity index (χ4n) is 2.11. The Hall–Kier alpha value is -1.95. The van der Waals surface area contributed by atoms with Crippen LogP contribution in [-0.4, -0.2) is 31.4 Å². The van der Waals surface area contributed by atoms with Gasteiger partial charge in [-0.3, -0.25) is 9.59 Å². The van der Waals surface area contributed by atoms with Gasteiger partial charge in [0.1, 0.15) is 5.82 Å². The summed E-state index contributed by atoms with van der Waals surface area (Å²) in [5.41, 5.74) is 1.28. The van der Waals surface area contributed by atoms with Crippen molar-refractivity contribution in [2.45, 2.75) is 19.8 Å². The summed E-state index contributed by atoms with van der Waals surface area (Å²) in [7, 11) is 0. The van der Waals surface area contributed by atoms with Gasteiger partial charge in [-0.05, 0) is 30.7 Å². The molecule has 0 aromatic heterocycles. The van der Waals surface area contributed by atoms with E-state index in [1.807, 2.05) is 6.92 Å². The maximum absolute atomic E-state index is 13.9. The second-order valence-corrected chi connectivity index (χ2v) is 4.65. The molecule has 0 radical (unpaired) electrons. The number of likely N-dealkylation sites (N-methyl/N-ethyl adjacent to an activating group) is 1. The van der Waals surface area contributed by atoms with E-state index < -0.39 is 11.7 Å². The Bertz CT molecular complexity index is 531. The summed E-state index contributed by atoms with van der Waals surface area (Å²) in [4.78, 5) is 23.2. The van der Waals surface area contributed by atoms with E-state index in [0.717, 1.165) is 12.1 Å². The molecule has 108 valence electrons. The van der Waals surface area contributed by atoms with Crippen LogP contribution < -0.4 is 16.0 Å². The van der Waals surface area contributed by atoms with Crippen LogP contribution in [0.4, 0.5) is 10.1 Å². The molecule has 0 saturated carbocycles. The quantitative estimate of drug-likeness (QED) is 0.706. The van der Waals surface area contributed by atoms with Gasteiger partial charge in [-0.2, -0.15) is 0 Å². The predicted molar refractivity (Wildman–Crippen MR) is 74.2 cm³/mol. The van der Waals surface area contributed by atoms with Crippen LogP contribution in [0.2, 0.25) is 0 Å². The number of halogens is 1. The van der Waals surface area contributed by atoms with Gasteiger partial charge >= 0.3 is 0 Å². The van der Waals surface area contributed by atoms with E-state index in [1.54, 1.807) is 0 Å². The molecule has 0 bridgehead atoms. The normalized spacial score (nSPS) is 13.6. The van der Waals surface area contributed by atoms with E-state index in [2.05, 4.69) is 16.0 Å². The maximum atomic E-state index is 13.9. The second-order valence-electron chi connectivity index (χ2n) is 4.65. The van der Waals surface area contributed by atoms with Crippen molar-refractivity contribution >= 4 is 17.5 Å². The first-order valence-electron chi connectivity index (χ1n) is 6.73. The van der Waals surface area contributed by atoms with Crippen molar-refractivity contribution in [3.63, 3.8) is 0 Å². The average Bonchev–Trinajstić information content (AvgIpc) is 2.42. The average molecular weight is 279 g/mol. The third-order valence-electron chi connectivity index (χ3n) is 3.17. The minimum Gasteiger partial charge on any atom is -0.351 e. The highest BCUT2D eigenvalue weighted by molar-refractivity contribution is 5.98. The van der Waals surface area contributed by atoms with Gasteiger partial charge in [0, 0.05) is 25.2 Å². The second kappa shape index (κ2) is 6.47. The lowest BCUT2D eigenvalue weighted by atomic mass is 9.99. The van der Waals surface area contributed by atoms with Gasteiger partial charge in [0.05, 0.1) is 5.56 Å². The van der Waals surface area contributed by atoms with Crippen molar-refractivity contribution in [3.8, 4) is 0 Å². The highest BCUT2D eigenvalue weighted by Gasteiger charge is 2.20. The summed E-state index contributed by atoms with van der Waals surface area (Å²) >= 11 is 0. The summed E-state index contributed by atoms with van der Waals surface area (Å²) in [5.74, 6) is -1.17. The molecule has 0 saturated heterocycles. The smallest absolute Gasteiger partial charge is 0.254 e. The number of rotatable bonds is 5. The number of fused-ring (bicyclic) bond motifs is 1. The Morgan fingerprint density at radius 1 is 1.35 bits per heavy atom. The first-order valence-corrected chi connectivity index (χ1v) is 6.73. The van der Waals surface area contributed by atoms with Gasteiger partial charge < -0.3 is 16.0 Å². The van der Waals surface area contributed by atoms with Crippen molar-refractivity contribution in [2.75, 3.05) is 25.0 Å². The molecule has 2 amide bonds. The first-order chi connectivity index (χ1) is 9.61. The SMILES string of the molecule is CCNCCNC(=O)c1cc2c(cc1F)NC(=O)CC2. The van der Waals surface area contributed by atoms with Crippen LogP contribution in [0.3, 0.4) is 0 Å². The topological polar surface area (TPSA) is 70.2 Å². The van der Waals surface area contributed by atoms with Crippen LogP contribution in [-0.2, 0) is 11.2 Å². The Morgan fingerprint density at radius 3 is 2.90 bits per heavy atom. The van der Waals surface area contributed by atoms with Gasteiger partial charge in [-0.25, -0.2) is 4.39 Å². The van der Waals surface area contributed by atoms with Crippen molar-refractivity contribution in [3.05, 3.63) is 29.1 Å². The van der Waals surface area contributed by atoms with Gasteiger partial charge in [0.25, 0.3) is 5.91 Å². The zero-order valence-corrected chi connectivity index (χ0v) is 11.4. The number of aryl methyl sites for hydroxylation is 1. The highest BCUT2D eigenvalue weighted by Crippen LogP contribution is 2.25. The summed E-state index contributed by atoms with van der Waals surface area (Å²) in [6.07, 6.45) is 0.888. The molecule has 0 aliphatic carbocycles. The molecule has 1 aliphatic heterocycles. The lowest BCUT2D eigenvalue weighted by molar-refractivity contribution is -0.116. The minimum atomic E-state index is -0.619. The molecule has 0 atom stereocenters. The van der Waals surface area contributed by atoms with Crippen LogP contribution in [0.5, 0.6) is 0 Å². The highest BCUT2D eigenvalue weighted by atomic mass is 19.1. The molecule has 1 aromatic rings. The van der Waals surface area contributed by atoms with Crippen molar-refractivity contribution in [1.29, 1.82) is 0 Å². The largest absolute Gasteiger partial charge is 0.351 e. The molecule has 3 N–H and O–H groups in total. The molecular formula is C14H18FN3O2. The molecule has 1 heterocycles. The summed E-state index contributed by atoms with van der Waals surface area (Å²) in [6, 6.07) is 2.73. The van der Waals surface area contributed by atoms with Crippen LogP contribution in [0.15, 0.2) is 12.1 Å². The standard InChI is InChI=1S/C14H18FN3O2/c1-2-16-5-6-17-14(20)10-7-9-3-4-13(19)18-12(9)8-11(10)15/h7-8,16H,2-6H2,1H3,(H,17,20)(H,18,19). The summed E-state index contributed by atoms with van der Waals surface area (Å²) < 4.78 is 13.9. The van der Waals surface area contributed by atoms with Crippen LogP contribution >= 0.6 is 0 Å². The minimum absolute atomic E-state index is 0.0244. The van der Waals surface area contributed by atoms with Gasteiger partial charge in [-0.1, -0.05) is 6.92 Å². The Balaban J connectivity index is 2.08. The number of benzene rings is 1. The monoisotopic (exact) mass is 279 g/mol. The number of anilines is 1. The lowest BCUT2D eigenvalue weighted by Crippen LogP contribution is -2.32. The van der Waals surface area contributed by atoms with Crippen LogP contribution in [0.25, 0.3) is 0 Å². The Morgan fingerprint density at radius 2 is 2.15 bits per heavy atom. The van der Waals surface area contributed by atoms with E-state index in [4.69, 9.17) is 0 Å². The predicted octanol–water partition coefficient (Wildman–Crippen LogP) is 1.05. The molecule has 0 fully saturated rings. The summed E-state index contributed by atoms with van der Waals surface area (Å²) in [5, 5.41) is 8.34. The van der Waals surface area contributed by atoms with E-state index in [1.165, 1.54) is 12.1 Å². The molecule has 6 heteroatoms. The molecule has 0 unspecified atom stereocenters. The fourth-order valence-corrected chi connectivity index (χ4v) is 2.11. The number of amides is 2. The van der Waals surface area contributed by atoms with Crippen molar-refractivity contribution < 1.29 is 14.0 Å². The molecule has 0 spiro atoms. The summed E-state index contributed by atoms with van der Waals surface area (Å²) in [6.45, 7) is 3.88. The molecule has 1 aliphatic rings. The van der Waals surface area contributed by atoms with E-state index >= 15 is 0 Å². The molecule has 20 heavy (non-hydrogen) atoms. The number of hydrogen-bond donors (Lipinski definition) is 3. The Kier molecular flexibility index (Phi) is 4.68. The van der Waals surface area contributed by atoms with Gasteiger partial charge in [-0.15, -0.1) is 0 Å². The first kappa shape index (κ1) is 14.5. The molecule has 5 nitrogen and oxygen atoms in total.